The average molecular weight is 264 g/mol. The highest BCUT2D eigenvalue weighted by Crippen LogP contribution is 2.14. The number of ether oxygens (including phenoxy) is 2. The monoisotopic (exact) mass is 264 g/mol. The van der Waals surface area contributed by atoms with Crippen molar-refractivity contribution >= 4 is 11.8 Å². The SMILES string of the molecule is NCc1cccc(NC(=O)OCC2CCCCO2)c1. The topological polar surface area (TPSA) is 73.6 Å². The summed E-state index contributed by atoms with van der Waals surface area (Å²) in [6.45, 7) is 1.51. The third-order valence-electron chi connectivity index (χ3n) is 3.08. The minimum atomic E-state index is -0.455. The number of benzene rings is 1. The smallest absolute Gasteiger partial charge is 0.411 e. The van der Waals surface area contributed by atoms with Crippen molar-refractivity contribution < 1.29 is 14.3 Å². The zero-order chi connectivity index (χ0) is 13.5. The maximum absolute atomic E-state index is 11.6. The number of amides is 1. The summed E-state index contributed by atoms with van der Waals surface area (Å²) in [7, 11) is 0. The van der Waals surface area contributed by atoms with Crippen LogP contribution in [0.4, 0.5) is 10.5 Å². The van der Waals surface area contributed by atoms with Crippen molar-refractivity contribution in [3.63, 3.8) is 0 Å². The van der Waals surface area contributed by atoms with Gasteiger partial charge in [-0.1, -0.05) is 12.1 Å². The van der Waals surface area contributed by atoms with Gasteiger partial charge in [0, 0.05) is 18.8 Å². The molecule has 1 aromatic rings. The lowest BCUT2D eigenvalue weighted by Crippen LogP contribution is -2.27. The van der Waals surface area contributed by atoms with Gasteiger partial charge < -0.3 is 15.2 Å². The Morgan fingerprint density at radius 1 is 1.47 bits per heavy atom. The zero-order valence-electron chi connectivity index (χ0n) is 10.9. The molecule has 0 bridgehead atoms. The van der Waals surface area contributed by atoms with Crippen molar-refractivity contribution in [3.8, 4) is 0 Å². The second-order valence-electron chi connectivity index (χ2n) is 4.62. The Hall–Kier alpha value is -1.59. The van der Waals surface area contributed by atoms with E-state index in [2.05, 4.69) is 5.32 Å². The van der Waals surface area contributed by atoms with E-state index in [1.807, 2.05) is 18.2 Å². The third-order valence-corrected chi connectivity index (χ3v) is 3.08. The number of nitrogens with one attached hydrogen (secondary N) is 1. The fourth-order valence-electron chi connectivity index (χ4n) is 2.04. The number of hydrogen-bond acceptors (Lipinski definition) is 4. The van der Waals surface area contributed by atoms with E-state index in [4.69, 9.17) is 15.2 Å². The van der Waals surface area contributed by atoms with Crippen LogP contribution in [0, 0.1) is 0 Å². The quantitative estimate of drug-likeness (QED) is 0.874. The summed E-state index contributed by atoms with van der Waals surface area (Å²) in [5, 5.41) is 2.68. The molecule has 104 valence electrons. The van der Waals surface area contributed by atoms with Gasteiger partial charge in [-0.2, -0.15) is 0 Å². The van der Waals surface area contributed by atoms with E-state index >= 15 is 0 Å². The van der Waals surface area contributed by atoms with E-state index in [1.165, 1.54) is 0 Å². The van der Waals surface area contributed by atoms with Crippen molar-refractivity contribution in [2.75, 3.05) is 18.5 Å². The molecule has 19 heavy (non-hydrogen) atoms. The summed E-state index contributed by atoms with van der Waals surface area (Å²) in [6, 6.07) is 7.39. The summed E-state index contributed by atoms with van der Waals surface area (Å²) >= 11 is 0. The fraction of sp³-hybridized carbons (Fsp3) is 0.500. The molecule has 1 fully saturated rings. The van der Waals surface area contributed by atoms with Gasteiger partial charge in [0.05, 0.1) is 6.10 Å². The van der Waals surface area contributed by atoms with E-state index in [0.29, 0.717) is 18.8 Å². The summed E-state index contributed by atoms with van der Waals surface area (Å²) in [4.78, 5) is 11.6. The third kappa shape index (κ3) is 4.54. The Morgan fingerprint density at radius 2 is 2.37 bits per heavy atom. The molecule has 1 heterocycles. The molecule has 0 saturated carbocycles. The first-order chi connectivity index (χ1) is 9.28. The molecule has 3 N–H and O–H groups in total. The van der Waals surface area contributed by atoms with Crippen LogP contribution in [0.3, 0.4) is 0 Å². The molecule has 1 aliphatic heterocycles. The molecule has 5 nitrogen and oxygen atoms in total. The first-order valence-electron chi connectivity index (χ1n) is 6.62. The van der Waals surface area contributed by atoms with Gasteiger partial charge in [0.1, 0.15) is 6.61 Å². The van der Waals surface area contributed by atoms with Crippen LogP contribution in [-0.2, 0) is 16.0 Å². The molecule has 1 unspecified atom stereocenters. The molecule has 1 saturated heterocycles. The van der Waals surface area contributed by atoms with Gasteiger partial charge >= 0.3 is 6.09 Å². The Balaban J connectivity index is 1.76. The summed E-state index contributed by atoms with van der Waals surface area (Å²) in [5.41, 5.74) is 7.20. The minimum absolute atomic E-state index is 0.0369. The van der Waals surface area contributed by atoms with Crippen LogP contribution >= 0.6 is 0 Å². The molecule has 1 atom stereocenters. The molecule has 0 spiro atoms. The van der Waals surface area contributed by atoms with E-state index in [-0.39, 0.29) is 6.10 Å². The van der Waals surface area contributed by atoms with Gasteiger partial charge in [-0.05, 0) is 37.0 Å². The van der Waals surface area contributed by atoms with Crippen LogP contribution in [0.25, 0.3) is 0 Å². The molecular weight excluding hydrogens is 244 g/mol. The molecule has 5 heteroatoms. The summed E-state index contributed by atoms with van der Waals surface area (Å²) in [6.07, 6.45) is 2.76. The molecule has 1 aliphatic rings. The van der Waals surface area contributed by atoms with Crippen LogP contribution in [0.2, 0.25) is 0 Å². The Bertz CT molecular complexity index is 417. The van der Waals surface area contributed by atoms with Crippen LogP contribution in [0.5, 0.6) is 0 Å². The van der Waals surface area contributed by atoms with E-state index in [0.717, 1.165) is 31.4 Å². The van der Waals surface area contributed by atoms with Gasteiger partial charge in [-0.3, -0.25) is 5.32 Å². The maximum Gasteiger partial charge on any atom is 0.411 e. The highest BCUT2D eigenvalue weighted by atomic mass is 16.6. The van der Waals surface area contributed by atoms with E-state index < -0.39 is 6.09 Å². The molecule has 2 rings (SSSR count). The zero-order valence-corrected chi connectivity index (χ0v) is 10.9. The number of rotatable bonds is 4. The second kappa shape index (κ2) is 7.11. The van der Waals surface area contributed by atoms with Gasteiger partial charge in [0.2, 0.25) is 0 Å². The highest BCUT2D eigenvalue weighted by molar-refractivity contribution is 5.84. The molecule has 0 aromatic heterocycles. The number of carbonyl (C=O) groups excluding carboxylic acids is 1. The number of anilines is 1. The largest absolute Gasteiger partial charge is 0.447 e. The van der Waals surface area contributed by atoms with Crippen molar-refractivity contribution in [1.82, 2.24) is 0 Å². The number of nitrogens with two attached hydrogens (primary N) is 1. The number of hydrogen-bond donors (Lipinski definition) is 2. The summed E-state index contributed by atoms with van der Waals surface area (Å²) in [5.74, 6) is 0. The van der Waals surface area contributed by atoms with Crippen LogP contribution in [-0.4, -0.2) is 25.4 Å². The lowest BCUT2D eigenvalue weighted by atomic mass is 10.1. The lowest BCUT2D eigenvalue weighted by Gasteiger charge is -2.22. The van der Waals surface area contributed by atoms with Gasteiger partial charge in [0.25, 0.3) is 0 Å². The predicted molar refractivity (Wildman–Crippen MR) is 72.9 cm³/mol. The molecule has 0 aliphatic carbocycles. The van der Waals surface area contributed by atoms with Crippen LogP contribution in [0.15, 0.2) is 24.3 Å². The normalized spacial score (nSPS) is 18.9. The molecular formula is C14H20N2O3. The van der Waals surface area contributed by atoms with E-state index in [9.17, 15) is 4.79 Å². The first kappa shape index (κ1) is 13.8. The fourth-order valence-corrected chi connectivity index (χ4v) is 2.04. The highest BCUT2D eigenvalue weighted by Gasteiger charge is 2.15. The molecule has 1 aromatic carbocycles. The maximum atomic E-state index is 11.6. The first-order valence-corrected chi connectivity index (χ1v) is 6.62. The van der Waals surface area contributed by atoms with Crippen molar-refractivity contribution in [2.45, 2.75) is 31.9 Å². The second-order valence-corrected chi connectivity index (χ2v) is 4.62. The minimum Gasteiger partial charge on any atom is -0.447 e. The average Bonchev–Trinajstić information content (AvgIpc) is 2.46. The van der Waals surface area contributed by atoms with Gasteiger partial charge in [0.15, 0.2) is 0 Å². The summed E-state index contributed by atoms with van der Waals surface area (Å²) < 4.78 is 10.6. The van der Waals surface area contributed by atoms with Crippen molar-refractivity contribution in [1.29, 1.82) is 0 Å². The molecule has 0 radical (unpaired) electrons. The van der Waals surface area contributed by atoms with Crippen LogP contribution < -0.4 is 11.1 Å². The predicted octanol–water partition coefficient (Wildman–Crippen LogP) is 2.26. The van der Waals surface area contributed by atoms with Crippen LogP contribution in [0.1, 0.15) is 24.8 Å². The Kier molecular flexibility index (Phi) is 5.18. The Labute approximate surface area is 113 Å². The van der Waals surface area contributed by atoms with Crippen molar-refractivity contribution in [3.05, 3.63) is 29.8 Å². The van der Waals surface area contributed by atoms with Gasteiger partial charge in [-0.15, -0.1) is 0 Å². The Morgan fingerprint density at radius 3 is 3.11 bits per heavy atom. The van der Waals surface area contributed by atoms with E-state index in [1.54, 1.807) is 6.07 Å². The molecule has 1 amide bonds. The standard InChI is InChI=1S/C14H20N2O3/c15-9-11-4-3-5-12(8-11)16-14(17)19-10-13-6-1-2-7-18-13/h3-5,8,13H,1-2,6-7,9-10,15H2,(H,16,17). The lowest BCUT2D eigenvalue weighted by molar-refractivity contribution is -0.0203. The number of carbonyl (C=O) groups is 1. The van der Waals surface area contributed by atoms with Crippen molar-refractivity contribution in [2.24, 2.45) is 5.73 Å². The van der Waals surface area contributed by atoms with Gasteiger partial charge in [-0.25, -0.2) is 4.79 Å².